The number of fused-ring (bicyclic) bond motifs is 1. The Kier molecular flexibility index (Phi) is 5.35. The number of sulfonamides is 1. The molecule has 0 heterocycles. The number of likely N-dealkylation sites (N-methyl/N-ethyl adjacent to an activating group) is 1. The lowest BCUT2D eigenvalue weighted by Crippen LogP contribution is -2.33. The van der Waals surface area contributed by atoms with Crippen LogP contribution in [-0.2, 0) is 26.2 Å². The van der Waals surface area contributed by atoms with Crippen LogP contribution in [0.15, 0.2) is 77.7 Å². The summed E-state index contributed by atoms with van der Waals surface area (Å²) < 4.78 is 31.9. The Hall–Kier alpha value is -2.70. The van der Waals surface area contributed by atoms with Crippen LogP contribution in [0.5, 0.6) is 0 Å². The SMILES string of the molecule is CN(CC(=O)OCc1ccccc1)S(=O)(=O)c1cccc2ccccc12. The molecule has 0 radical (unpaired) electrons. The quantitative estimate of drug-likeness (QED) is 0.626. The van der Waals surface area contributed by atoms with E-state index in [0.717, 1.165) is 15.3 Å². The molecule has 0 atom stereocenters. The Morgan fingerprint density at radius 3 is 2.35 bits per heavy atom. The van der Waals surface area contributed by atoms with Crippen molar-refractivity contribution >= 4 is 26.8 Å². The molecule has 0 fully saturated rings. The highest BCUT2D eigenvalue weighted by atomic mass is 32.2. The summed E-state index contributed by atoms with van der Waals surface area (Å²) in [5.41, 5.74) is 0.848. The van der Waals surface area contributed by atoms with Crippen molar-refractivity contribution in [2.45, 2.75) is 11.5 Å². The second kappa shape index (κ2) is 7.68. The number of rotatable bonds is 6. The van der Waals surface area contributed by atoms with Gasteiger partial charge in [0.15, 0.2) is 0 Å². The fourth-order valence-corrected chi connectivity index (χ4v) is 3.96. The summed E-state index contributed by atoms with van der Waals surface area (Å²) in [6.07, 6.45) is 0. The fourth-order valence-electron chi connectivity index (χ4n) is 2.64. The van der Waals surface area contributed by atoms with Gasteiger partial charge in [0.25, 0.3) is 0 Å². The van der Waals surface area contributed by atoms with E-state index in [1.54, 1.807) is 24.3 Å². The van der Waals surface area contributed by atoms with E-state index in [1.807, 2.05) is 48.5 Å². The topological polar surface area (TPSA) is 63.7 Å². The molecule has 3 aromatic rings. The number of hydrogen-bond acceptors (Lipinski definition) is 4. The minimum absolute atomic E-state index is 0.113. The van der Waals surface area contributed by atoms with E-state index >= 15 is 0 Å². The number of carbonyl (C=O) groups is 1. The van der Waals surface area contributed by atoms with Gasteiger partial charge in [-0.15, -0.1) is 0 Å². The molecule has 0 saturated heterocycles. The van der Waals surface area contributed by atoms with Gasteiger partial charge < -0.3 is 4.74 Å². The zero-order valence-corrected chi connectivity index (χ0v) is 15.1. The lowest BCUT2D eigenvalue weighted by Gasteiger charge is -2.17. The zero-order chi connectivity index (χ0) is 18.6. The normalized spacial score (nSPS) is 11.6. The molecule has 0 aliphatic carbocycles. The van der Waals surface area contributed by atoms with Gasteiger partial charge in [-0.05, 0) is 17.0 Å². The number of carbonyl (C=O) groups excluding carboxylic acids is 1. The van der Waals surface area contributed by atoms with Crippen LogP contribution in [0.3, 0.4) is 0 Å². The molecule has 6 heteroatoms. The molecular formula is C20H19NO4S. The summed E-state index contributed by atoms with van der Waals surface area (Å²) in [4.78, 5) is 12.2. The van der Waals surface area contributed by atoms with Gasteiger partial charge in [-0.3, -0.25) is 4.79 Å². The van der Waals surface area contributed by atoms with Gasteiger partial charge in [-0.1, -0.05) is 66.7 Å². The number of benzene rings is 3. The Morgan fingerprint density at radius 1 is 0.923 bits per heavy atom. The highest BCUT2D eigenvalue weighted by molar-refractivity contribution is 7.89. The van der Waals surface area contributed by atoms with Crippen molar-refractivity contribution < 1.29 is 17.9 Å². The summed E-state index contributed by atoms with van der Waals surface area (Å²) in [7, 11) is -2.44. The summed E-state index contributed by atoms with van der Waals surface area (Å²) in [6, 6.07) is 21.6. The Labute approximate surface area is 152 Å². The molecule has 0 N–H and O–H groups in total. The monoisotopic (exact) mass is 369 g/mol. The van der Waals surface area contributed by atoms with Crippen molar-refractivity contribution in [3.8, 4) is 0 Å². The second-order valence-corrected chi connectivity index (χ2v) is 7.90. The first-order valence-electron chi connectivity index (χ1n) is 8.12. The van der Waals surface area contributed by atoms with Gasteiger partial charge in [0, 0.05) is 12.4 Å². The minimum Gasteiger partial charge on any atom is -0.460 e. The smallest absolute Gasteiger partial charge is 0.321 e. The molecule has 3 rings (SSSR count). The van der Waals surface area contributed by atoms with E-state index in [1.165, 1.54) is 7.05 Å². The van der Waals surface area contributed by atoms with Gasteiger partial charge >= 0.3 is 5.97 Å². The van der Waals surface area contributed by atoms with E-state index in [4.69, 9.17) is 4.74 Å². The lowest BCUT2D eigenvalue weighted by atomic mass is 10.1. The van der Waals surface area contributed by atoms with E-state index in [0.29, 0.717) is 5.39 Å². The van der Waals surface area contributed by atoms with Crippen molar-refractivity contribution in [1.82, 2.24) is 4.31 Å². The molecule has 134 valence electrons. The van der Waals surface area contributed by atoms with Gasteiger partial charge in [-0.2, -0.15) is 4.31 Å². The van der Waals surface area contributed by atoms with E-state index in [2.05, 4.69) is 0 Å². The molecule has 0 aromatic heterocycles. The second-order valence-electron chi connectivity index (χ2n) is 5.88. The first-order valence-corrected chi connectivity index (χ1v) is 9.56. The predicted octanol–water partition coefficient (Wildman–Crippen LogP) is 3.20. The van der Waals surface area contributed by atoms with Crippen molar-refractivity contribution in [2.24, 2.45) is 0 Å². The molecule has 26 heavy (non-hydrogen) atoms. The highest BCUT2D eigenvalue weighted by Gasteiger charge is 2.25. The summed E-state index contributed by atoms with van der Waals surface area (Å²) >= 11 is 0. The molecular weight excluding hydrogens is 350 g/mol. The lowest BCUT2D eigenvalue weighted by molar-refractivity contribution is -0.144. The van der Waals surface area contributed by atoms with Gasteiger partial charge in [0.2, 0.25) is 10.0 Å². The maximum atomic E-state index is 12.9. The summed E-state index contributed by atoms with van der Waals surface area (Å²) in [5, 5.41) is 1.45. The third-order valence-corrected chi connectivity index (χ3v) is 5.89. The Bertz CT molecular complexity index is 1010. The van der Waals surface area contributed by atoms with Crippen molar-refractivity contribution in [2.75, 3.05) is 13.6 Å². The molecule has 0 aliphatic rings. The average Bonchev–Trinajstić information content (AvgIpc) is 2.66. The minimum atomic E-state index is -3.81. The standard InChI is InChI=1S/C20H19NO4S/c1-21(14-20(22)25-15-16-8-3-2-4-9-16)26(23,24)19-13-7-11-17-10-5-6-12-18(17)19/h2-13H,14-15H2,1H3. The number of nitrogens with zero attached hydrogens (tertiary/aromatic N) is 1. The van der Waals surface area contributed by atoms with Crippen LogP contribution in [0.1, 0.15) is 5.56 Å². The van der Waals surface area contributed by atoms with Gasteiger partial charge in [-0.25, -0.2) is 8.42 Å². The number of hydrogen-bond donors (Lipinski definition) is 0. The van der Waals surface area contributed by atoms with Crippen molar-refractivity contribution in [3.63, 3.8) is 0 Å². The number of esters is 1. The van der Waals surface area contributed by atoms with E-state index in [-0.39, 0.29) is 18.0 Å². The zero-order valence-electron chi connectivity index (χ0n) is 14.3. The molecule has 0 saturated carbocycles. The average molecular weight is 369 g/mol. The first kappa shape index (κ1) is 18.1. The van der Waals surface area contributed by atoms with Gasteiger partial charge in [0.1, 0.15) is 13.2 Å². The Morgan fingerprint density at radius 2 is 1.58 bits per heavy atom. The maximum absolute atomic E-state index is 12.9. The maximum Gasteiger partial charge on any atom is 0.321 e. The van der Waals surface area contributed by atoms with E-state index < -0.39 is 16.0 Å². The van der Waals surface area contributed by atoms with Crippen LogP contribution in [0.4, 0.5) is 0 Å². The van der Waals surface area contributed by atoms with Crippen molar-refractivity contribution in [1.29, 1.82) is 0 Å². The molecule has 0 aliphatic heterocycles. The third kappa shape index (κ3) is 3.92. The fraction of sp³-hybridized carbons (Fsp3) is 0.150. The van der Waals surface area contributed by atoms with Crippen LogP contribution in [0, 0.1) is 0 Å². The molecule has 3 aromatic carbocycles. The molecule has 0 bridgehead atoms. The first-order chi connectivity index (χ1) is 12.5. The Balaban J connectivity index is 1.73. The molecule has 0 spiro atoms. The molecule has 0 amide bonds. The highest BCUT2D eigenvalue weighted by Crippen LogP contribution is 2.25. The summed E-state index contributed by atoms with van der Waals surface area (Å²) in [5.74, 6) is -0.597. The van der Waals surface area contributed by atoms with E-state index in [9.17, 15) is 13.2 Å². The van der Waals surface area contributed by atoms with Crippen LogP contribution >= 0.6 is 0 Å². The molecule has 0 unspecified atom stereocenters. The summed E-state index contributed by atoms with van der Waals surface area (Å²) in [6.45, 7) is -0.236. The number of ether oxygens (including phenoxy) is 1. The largest absolute Gasteiger partial charge is 0.460 e. The van der Waals surface area contributed by atoms with Crippen molar-refractivity contribution in [3.05, 3.63) is 78.4 Å². The third-order valence-electron chi connectivity index (χ3n) is 4.03. The predicted molar refractivity (Wildman–Crippen MR) is 100 cm³/mol. The van der Waals surface area contributed by atoms with Crippen LogP contribution in [0.2, 0.25) is 0 Å². The van der Waals surface area contributed by atoms with Crippen LogP contribution in [0.25, 0.3) is 10.8 Å². The molecule has 5 nitrogen and oxygen atoms in total. The van der Waals surface area contributed by atoms with Crippen LogP contribution < -0.4 is 0 Å². The van der Waals surface area contributed by atoms with Crippen LogP contribution in [-0.4, -0.2) is 32.3 Å². The van der Waals surface area contributed by atoms with Gasteiger partial charge in [0.05, 0.1) is 4.90 Å².